The van der Waals surface area contributed by atoms with Crippen molar-refractivity contribution in [3.05, 3.63) is 182 Å². The van der Waals surface area contributed by atoms with Gasteiger partial charge in [-0.15, -0.1) is 0 Å². The van der Waals surface area contributed by atoms with Crippen LogP contribution < -0.4 is 14.5 Å². The minimum atomic E-state index is 0.755. The van der Waals surface area contributed by atoms with E-state index in [9.17, 15) is 0 Å². The molecular weight excluding hydrogens is 653 g/mol. The number of rotatable bonds is 5. The molecule has 250 valence electrons. The summed E-state index contributed by atoms with van der Waals surface area (Å²) in [6, 6.07) is 63.1. The normalized spacial score (nSPS) is 12.3. The Hall–Kier alpha value is -7.24. The third kappa shape index (κ3) is 4.79. The van der Waals surface area contributed by atoms with Gasteiger partial charge in [0.1, 0.15) is 22.3 Å². The summed E-state index contributed by atoms with van der Waals surface area (Å²) in [6.07, 6.45) is 0. The first kappa shape index (κ1) is 29.5. The molecular formula is C48H30N2O3. The number of hydrogen-bond donors (Lipinski definition) is 0. The Labute approximate surface area is 305 Å². The van der Waals surface area contributed by atoms with Crippen LogP contribution in [0, 0.1) is 0 Å². The van der Waals surface area contributed by atoms with Crippen molar-refractivity contribution in [2.24, 2.45) is 0 Å². The summed E-state index contributed by atoms with van der Waals surface area (Å²) < 4.78 is 19.3. The Balaban J connectivity index is 1.09. The highest BCUT2D eigenvalue weighted by atomic mass is 16.5. The van der Waals surface area contributed by atoms with E-state index in [0.717, 1.165) is 101 Å². The van der Waals surface area contributed by atoms with Gasteiger partial charge in [-0.2, -0.15) is 0 Å². The summed E-state index contributed by atoms with van der Waals surface area (Å²) >= 11 is 0. The second kappa shape index (κ2) is 11.7. The average molecular weight is 683 g/mol. The molecule has 11 rings (SSSR count). The lowest BCUT2D eigenvalue weighted by molar-refractivity contribution is 0.477. The summed E-state index contributed by atoms with van der Waals surface area (Å²) in [6.45, 7) is 0. The Morgan fingerprint density at radius 2 is 0.981 bits per heavy atom. The van der Waals surface area contributed by atoms with Gasteiger partial charge in [0, 0.05) is 50.7 Å². The van der Waals surface area contributed by atoms with Crippen molar-refractivity contribution in [3.63, 3.8) is 0 Å². The van der Waals surface area contributed by atoms with Crippen molar-refractivity contribution in [2.45, 2.75) is 0 Å². The van der Waals surface area contributed by atoms with Crippen molar-refractivity contribution < 1.29 is 13.6 Å². The highest BCUT2D eigenvalue weighted by Gasteiger charge is 2.28. The molecule has 0 atom stereocenters. The molecule has 1 aliphatic heterocycles. The van der Waals surface area contributed by atoms with Gasteiger partial charge in [-0.05, 0) is 90.0 Å². The largest absolute Gasteiger partial charge is 0.456 e. The molecule has 53 heavy (non-hydrogen) atoms. The van der Waals surface area contributed by atoms with Gasteiger partial charge in [0.2, 0.25) is 0 Å². The van der Waals surface area contributed by atoms with Crippen molar-refractivity contribution in [1.82, 2.24) is 0 Å². The summed E-state index contributed by atoms with van der Waals surface area (Å²) in [5, 5.41) is 4.36. The Kier molecular flexibility index (Phi) is 6.48. The number of benzene rings is 8. The first-order chi connectivity index (χ1) is 26.2. The highest BCUT2D eigenvalue weighted by Crippen LogP contribution is 2.53. The topological polar surface area (TPSA) is 42.0 Å². The van der Waals surface area contributed by atoms with E-state index < -0.39 is 0 Å². The molecule has 0 N–H and O–H groups in total. The Bertz CT molecular complexity index is 3010. The fraction of sp³-hybridized carbons (Fsp3) is 0. The van der Waals surface area contributed by atoms with Crippen LogP contribution in [-0.4, -0.2) is 0 Å². The molecule has 0 spiro atoms. The van der Waals surface area contributed by atoms with Crippen molar-refractivity contribution >= 4 is 78.0 Å². The SMILES string of the molecule is c1ccc(-c2cccc(N(c3ccc4c(c3)Oc3ccccc3N4c3ccc4c(c3)oc3ccccc34)c3ccc4oc5ccccc5c4c3)c2)cc1. The van der Waals surface area contributed by atoms with E-state index in [4.69, 9.17) is 13.6 Å². The van der Waals surface area contributed by atoms with E-state index in [1.165, 1.54) is 0 Å². The van der Waals surface area contributed by atoms with Gasteiger partial charge in [-0.3, -0.25) is 0 Å². The zero-order chi connectivity index (χ0) is 34.9. The third-order valence-electron chi connectivity index (χ3n) is 10.2. The van der Waals surface area contributed by atoms with E-state index >= 15 is 0 Å². The van der Waals surface area contributed by atoms with Gasteiger partial charge >= 0.3 is 0 Å². The third-order valence-corrected chi connectivity index (χ3v) is 10.2. The van der Waals surface area contributed by atoms with Crippen molar-refractivity contribution in [1.29, 1.82) is 0 Å². The Morgan fingerprint density at radius 3 is 1.85 bits per heavy atom. The molecule has 0 saturated carbocycles. The molecule has 8 aromatic carbocycles. The summed E-state index contributed by atoms with van der Waals surface area (Å²) in [7, 11) is 0. The standard InChI is InChI=1S/C48H30N2O3/c1-2-11-31(12-3-1)32-13-10-14-33(27-32)49(34-23-26-45-40(28-34)38-16-5-8-19-44(38)51-45)35-22-25-42-48(30-35)53-46-20-9-6-17-41(46)50(42)36-21-24-39-37-15-4-7-18-43(37)52-47(39)29-36/h1-30H. The predicted molar refractivity (Wildman–Crippen MR) is 216 cm³/mol. The minimum Gasteiger partial charge on any atom is -0.456 e. The van der Waals surface area contributed by atoms with E-state index in [2.05, 4.69) is 137 Å². The quantitative estimate of drug-likeness (QED) is 0.181. The van der Waals surface area contributed by atoms with Gasteiger partial charge < -0.3 is 23.4 Å². The number of ether oxygens (including phenoxy) is 1. The highest BCUT2D eigenvalue weighted by molar-refractivity contribution is 6.08. The molecule has 0 amide bonds. The maximum Gasteiger partial charge on any atom is 0.153 e. The van der Waals surface area contributed by atoms with Crippen LogP contribution in [0.1, 0.15) is 0 Å². The number of fused-ring (bicyclic) bond motifs is 8. The lowest BCUT2D eigenvalue weighted by Crippen LogP contribution is -2.17. The number of para-hydroxylation sites is 4. The van der Waals surface area contributed by atoms with E-state index in [1.54, 1.807) is 0 Å². The number of furan rings is 2. The molecule has 0 fully saturated rings. The zero-order valence-corrected chi connectivity index (χ0v) is 28.4. The monoisotopic (exact) mass is 682 g/mol. The fourth-order valence-corrected chi connectivity index (χ4v) is 7.77. The first-order valence-electron chi connectivity index (χ1n) is 17.7. The van der Waals surface area contributed by atoms with Crippen LogP contribution in [0.2, 0.25) is 0 Å². The Morgan fingerprint density at radius 1 is 0.358 bits per heavy atom. The van der Waals surface area contributed by atoms with E-state index in [1.807, 2.05) is 54.6 Å². The summed E-state index contributed by atoms with van der Waals surface area (Å²) in [5.41, 5.74) is 11.7. The number of hydrogen-bond acceptors (Lipinski definition) is 5. The molecule has 5 heteroatoms. The van der Waals surface area contributed by atoms with E-state index in [-0.39, 0.29) is 0 Å². The average Bonchev–Trinajstić information content (AvgIpc) is 3.78. The van der Waals surface area contributed by atoms with Gasteiger partial charge in [-0.25, -0.2) is 0 Å². The summed E-state index contributed by atoms with van der Waals surface area (Å²) in [5.74, 6) is 1.54. The predicted octanol–water partition coefficient (Wildman–Crippen LogP) is 14.2. The van der Waals surface area contributed by atoms with E-state index in [0.29, 0.717) is 0 Å². The second-order valence-corrected chi connectivity index (χ2v) is 13.4. The summed E-state index contributed by atoms with van der Waals surface area (Å²) in [4.78, 5) is 4.55. The van der Waals surface area contributed by atoms with Crippen LogP contribution in [0.15, 0.2) is 191 Å². The molecule has 0 saturated heterocycles. The van der Waals surface area contributed by atoms with Crippen LogP contribution in [-0.2, 0) is 0 Å². The first-order valence-corrected chi connectivity index (χ1v) is 17.7. The molecule has 0 radical (unpaired) electrons. The smallest absolute Gasteiger partial charge is 0.153 e. The minimum absolute atomic E-state index is 0.755. The van der Waals surface area contributed by atoms with Crippen molar-refractivity contribution in [3.8, 4) is 22.6 Å². The molecule has 1 aliphatic rings. The maximum atomic E-state index is 6.73. The van der Waals surface area contributed by atoms with Crippen LogP contribution >= 0.6 is 0 Å². The van der Waals surface area contributed by atoms with Gasteiger partial charge in [0.05, 0.1) is 17.1 Å². The second-order valence-electron chi connectivity index (χ2n) is 13.4. The van der Waals surface area contributed by atoms with Crippen LogP contribution in [0.4, 0.5) is 34.1 Å². The lowest BCUT2D eigenvalue weighted by atomic mass is 10.0. The molecule has 2 aromatic heterocycles. The number of anilines is 6. The van der Waals surface area contributed by atoms with Crippen LogP contribution in [0.5, 0.6) is 11.5 Å². The lowest BCUT2D eigenvalue weighted by Gasteiger charge is -2.34. The molecule has 10 aromatic rings. The molecule has 5 nitrogen and oxygen atoms in total. The zero-order valence-electron chi connectivity index (χ0n) is 28.4. The molecule has 0 unspecified atom stereocenters. The van der Waals surface area contributed by atoms with Gasteiger partial charge in [0.25, 0.3) is 0 Å². The van der Waals surface area contributed by atoms with Crippen LogP contribution in [0.25, 0.3) is 55.0 Å². The molecule has 0 aliphatic carbocycles. The van der Waals surface area contributed by atoms with Gasteiger partial charge in [-0.1, -0.05) is 91.0 Å². The van der Waals surface area contributed by atoms with Crippen molar-refractivity contribution in [2.75, 3.05) is 9.80 Å². The number of nitrogens with zero attached hydrogens (tertiary/aromatic N) is 2. The molecule has 0 bridgehead atoms. The van der Waals surface area contributed by atoms with Gasteiger partial charge in [0.15, 0.2) is 11.5 Å². The molecule has 3 heterocycles. The fourth-order valence-electron chi connectivity index (χ4n) is 7.77. The van der Waals surface area contributed by atoms with Crippen LogP contribution in [0.3, 0.4) is 0 Å². The maximum absolute atomic E-state index is 6.73.